The molecule has 0 saturated heterocycles. The Morgan fingerprint density at radius 3 is 2.53 bits per heavy atom. The summed E-state index contributed by atoms with van der Waals surface area (Å²) in [7, 11) is 1.43. The lowest BCUT2D eigenvalue weighted by molar-refractivity contribution is -0.148. The molecule has 1 atom stereocenters. The van der Waals surface area contributed by atoms with Crippen LogP contribution in [-0.4, -0.2) is 13.1 Å². The number of carbonyl (C=O) groups is 1. The summed E-state index contributed by atoms with van der Waals surface area (Å²) in [6, 6.07) is 10.2. The van der Waals surface area contributed by atoms with E-state index in [0.717, 1.165) is 5.57 Å². The van der Waals surface area contributed by atoms with Crippen LogP contribution in [-0.2, 0) is 9.53 Å². The van der Waals surface area contributed by atoms with Gasteiger partial charge in [-0.15, -0.1) is 0 Å². The molecule has 0 radical (unpaired) electrons. The minimum atomic E-state index is -0.521. The summed E-state index contributed by atoms with van der Waals surface area (Å²) in [6.07, 6.45) is 6.70. The zero-order chi connectivity index (χ0) is 12.3. The third kappa shape index (κ3) is 2.31. The molecule has 88 valence electrons. The maximum absolute atomic E-state index is 11.6. The lowest BCUT2D eigenvalue weighted by Crippen LogP contribution is -2.27. The smallest absolute Gasteiger partial charge is 0.315 e. The highest BCUT2D eigenvalue weighted by Crippen LogP contribution is 2.33. The maximum atomic E-state index is 11.6. The van der Waals surface area contributed by atoms with E-state index in [1.807, 2.05) is 37.3 Å². The van der Waals surface area contributed by atoms with E-state index in [1.54, 1.807) is 0 Å². The van der Waals surface area contributed by atoms with Crippen molar-refractivity contribution in [2.45, 2.75) is 13.3 Å². The number of allylic oxidation sites excluding steroid dienone is 3. The summed E-state index contributed by atoms with van der Waals surface area (Å²) >= 11 is 0. The first kappa shape index (κ1) is 11.6. The molecule has 0 heterocycles. The molecule has 2 nitrogen and oxygen atoms in total. The van der Waals surface area contributed by atoms with Crippen LogP contribution in [0.15, 0.2) is 48.6 Å². The number of rotatable bonds is 2. The maximum Gasteiger partial charge on any atom is 0.315 e. The normalized spacial score (nSPS) is 23.1. The standard InChI is InChI=1S/C15H16O2/c1-15(14(16)17-2)10-8-13(9-11-15)12-6-4-3-5-7-12/h3-10H,11H2,1-2H3. The van der Waals surface area contributed by atoms with E-state index in [0.29, 0.717) is 6.42 Å². The molecule has 0 spiro atoms. The highest BCUT2D eigenvalue weighted by molar-refractivity contribution is 5.83. The molecule has 0 N–H and O–H groups in total. The molecule has 1 aliphatic rings. The van der Waals surface area contributed by atoms with Gasteiger partial charge in [0.1, 0.15) is 0 Å². The second kappa shape index (κ2) is 4.58. The third-order valence-corrected chi connectivity index (χ3v) is 3.14. The predicted octanol–water partition coefficient (Wildman–Crippen LogP) is 3.21. The Hall–Kier alpha value is -1.83. The molecule has 1 aliphatic carbocycles. The molecule has 0 saturated carbocycles. The van der Waals surface area contributed by atoms with Crippen LogP contribution in [0.3, 0.4) is 0 Å². The number of hydrogen-bond acceptors (Lipinski definition) is 2. The zero-order valence-electron chi connectivity index (χ0n) is 10.1. The van der Waals surface area contributed by atoms with Crippen LogP contribution in [0, 0.1) is 5.41 Å². The molecule has 2 rings (SSSR count). The van der Waals surface area contributed by atoms with E-state index < -0.39 is 5.41 Å². The van der Waals surface area contributed by atoms with E-state index in [2.05, 4.69) is 18.2 Å². The first-order chi connectivity index (χ1) is 8.15. The molecule has 0 aromatic heterocycles. The number of ether oxygens (including phenoxy) is 1. The summed E-state index contributed by atoms with van der Waals surface area (Å²) in [5.74, 6) is -0.183. The minimum absolute atomic E-state index is 0.183. The molecular weight excluding hydrogens is 212 g/mol. The first-order valence-electron chi connectivity index (χ1n) is 5.69. The van der Waals surface area contributed by atoms with E-state index >= 15 is 0 Å². The summed E-state index contributed by atoms with van der Waals surface area (Å²) in [6.45, 7) is 1.90. The fourth-order valence-corrected chi connectivity index (χ4v) is 1.96. The van der Waals surface area contributed by atoms with Gasteiger partial charge in [0.25, 0.3) is 0 Å². The lowest BCUT2D eigenvalue weighted by Gasteiger charge is -2.24. The molecule has 0 amide bonds. The van der Waals surface area contributed by atoms with Crippen LogP contribution in [0.4, 0.5) is 0 Å². The van der Waals surface area contributed by atoms with Crippen LogP contribution in [0.25, 0.3) is 5.57 Å². The highest BCUT2D eigenvalue weighted by atomic mass is 16.5. The largest absolute Gasteiger partial charge is 0.468 e. The van der Waals surface area contributed by atoms with E-state index in [4.69, 9.17) is 4.74 Å². The van der Waals surface area contributed by atoms with Crippen molar-refractivity contribution in [3.8, 4) is 0 Å². The van der Waals surface area contributed by atoms with Gasteiger partial charge in [0, 0.05) is 0 Å². The second-order valence-corrected chi connectivity index (χ2v) is 4.47. The van der Waals surface area contributed by atoms with Gasteiger partial charge >= 0.3 is 5.97 Å². The molecule has 2 heteroatoms. The zero-order valence-corrected chi connectivity index (χ0v) is 10.1. The van der Waals surface area contributed by atoms with Crippen molar-refractivity contribution in [2.24, 2.45) is 5.41 Å². The quantitative estimate of drug-likeness (QED) is 0.726. The van der Waals surface area contributed by atoms with E-state index in [9.17, 15) is 4.79 Å². The van der Waals surface area contributed by atoms with Crippen molar-refractivity contribution in [3.63, 3.8) is 0 Å². The summed E-state index contributed by atoms with van der Waals surface area (Å²) in [4.78, 5) is 11.6. The van der Waals surface area contributed by atoms with Gasteiger partial charge in [0.15, 0.2) is 0 Å². The lowest BCUT2D eigenvalue weighted by atomic mass is 9.81. The van der Waals surface area contributed by atoms with Crippen molar-refractivity contribution >= 4 is 11.5 Å². The molecule has 1 aromatic rings. The van der Waals surface area contributed by atoms with E-state index in [-0.39, 0.29) is 5.97 Å². The van der Waals surface area contributed by atoms with Crippen molar-refractivity contribution in [1.82, 2.24) is 0 Å². The van der Waals surface area contributed by atoms with Gasteiger partial charge in [-0.1, -0.05) is 48.6 Å². The number of benzene rings is 1. The average Bonchev–Trinajstić information content (AvgIpc) is 2.39. The first-order valence-corrected chi connectivity index (χ1v) is 5.69. The van der Waals surface area contributed by atoms with Crippen molar-refractivity contribution in [2.75, 3.05) is 7.11 Å². The Morgan fingerprint density at radius 2 is 2.00 bits per heavy atom. The van der Waals surface area contributed by atoms with Gasteiger partial charge in [0.2, 0.25) is 0 Å². The van der Waals surface area contributed by atoms with Crippen molar-refractivity contribution in [1.29, 1.82) is 0 Å². The summed E-state index contributed by atoms with van der Waals surface area (Å²) < 4.78 is 4.81. The van der Waals surface area contributed by atoms with Crippen LogP contribution in [0.2, 0.25) is 0 Å². The molecule has 0 bridgehead atoms. The SMILES string of the molecule is COC(=O)C1(C)C=CC(c2ccccc2)=CC1. The fourth-order valence-electron chi connectivity index (χ4n) is 1.96. The van der Waals surface area contributed by atoms with Crippen molar-refractivity contribution in [3.05, 3.63) is 54.1 Å². The van der Waals surface area contributed by atoms with Crippen molar-refractivity contribution < 1.29 is 9.53 Å². The Labute approximate surface area is 102 Å². The predicted molar refractivity (Wildman–Crippen MR) is 68.3 cm³/mol. The Bertz CT molecular complexity index is 471. The summed E-state index contributed by atoms with van der Waals surface area (Å²) in [5.41, 5.74) is 1.81. The fraction of sp³-hybridized carbons (Fsp3) is 0.267. The molecule has 17 heavy (non-hydrogen) atoms. The number of methoxy groups -OCH3 is 1. The monoisotopic (exact) mass is 228 g/mol. The molecule has 1 aromatic carbocycles. The second-order valence-electron chi connectivity index (χ2n) is 4.47. The van der Waals surface area contributed by atoms with Gasteiger partial charge in [-0.2, -0.15) is 0 Å². The van der Waals surface area contributed by atoms with Gasteiger partial charge in [0.05, 0.1) is 12.5 Å². The molecular formula is C15H16O2. The van der Waals surface area contributed by atoms with Gasteiger partial charge in [-0.05, 0) is 24.5 Å². The topological polar surface area (TPSA) is 26.3 Å². The molecule has 1 unspecified atom stereocenters. The van der Waals surface area contributed by atoms with Gasteiger partial charge in [-0.25, -0.2) is 0 Å². The Kier molecular flexibility index (Phi) is 3.14. The van der Waals surface area contributed by atoms with Crippen LogP contribution in [0.1, 0.15) is 18.9 Å². The Balaban J connectivity index is 2.20. The van der Waals surface area contributed by atoms with Crippen LogP contribution < -0.4 is 0 Å². The number of esters is 1. The molecule has 0 fully saturated rings. The summed E-state index contributed by atoms with van der Waals surface area (Å²) in [5, 5.41) is 0. The highest BCUT2D eigenvalue weighted by Gasteiger charge is 2.32. The van der Waals surface area contributed by atoms with Gasteiger partial charge < -0.3 is 4.74 Å². The van der Waals surface area contributed by atoms with Crippen LogP contribution >= 0.6 is 0 Å². The number of carbonyl (C=O) groups excluding carboxylic acids is 1. The third-order valence-electron chi connectivity index (χ3n) is 3.14. The average molecular weight is 228 g/mol. The van der Waals surface area contributed by atoms with Gasteiger partial charge in [-0.3, -0.25) is 4.79 Å². The Morgan fingerprint density at radius 1 is 1.29 bits per heavy atom. The van der Waals surface area contributed by atoms with E-state index in [1.165, 1.54) is 12.7 Å². The van der Waals surface area contributed by atoms with Crippen LogP contribution in [0.5, 0.6) is 0 Å². The molecule has 0 aliphatic heterocycles. The minimum Gasteiger partial charge on any atom is -0.468 e. The number of hydrogen-bond donors (Lipinski definition) is 0.